The quantitative estimate of drug-likeness (QED) is 0.383. The maximum atomic E-state index is 12.3. The molecule has 0 saturated carbocycles. The Morgan fingerprint density at radius 1 is 1.00 bits per heavy atom. The average Bonchev–Trinajstić information content (AvgIpc) is 3.16. The topological polar surface area (TPSA) is 105 Å². The zero-order chi connectivity index (χ0) is 24.9. The van der Waals surface area contributed by atoms with Crippen molar-refractivity contribution < 1.29 is 24.2 Å². The van der Waals surface area contributed by atoms with E-state index in [2.05, 4.69) is 34.9 Å². The van der Waals surface area contributed by atoms with Gasteiger partial charge in [0.1, 0.15) is 6.61 Å². The summed E-state index contributed by atoms with van der Waals surface area (Å²) in [7, 11) is 0. The smallest absolute Gasteiger partial charge is 0.407 e. The van der Waals surface area contributed by atoms with Gasteiger partial charge in [-0.1, -0.05) is 67.1 Å². The van der Waals surface area contributed by atoms with E-state index in [1.165, 1.54) is 18.2 Å². The Bertz CT molecular complexity index is 1230. The van der Waals surface area contributed by atoms with Crippen LogP contribution in [0.3, 0.4) is 0 Å². The number of aromatic carboxylic acids is 1. The van der Waals surface area contributed by atoms with Crippen LogP contribution in [-0.4, -0.2) is 36.2 Å². The van der Waals surface area contributed by atoms with E-state index in [9.17, 15) is 14.4 Å². The van der Waals surface area contributed by atoms with Crippen molar-refractivity contribution >= 4 is 35.3 Å². The molecule has 0 aliphatic heterocycles. The molecule has 0 saturated heterocycles. The van der Waals surface area contributed by atoms with E-state index in [4.69, 9.17) is 21.4 Å². The Kier molecular flexibility index (Phi) is 7.36. The summed E-state index contributed by atoms with van der Waals surface area (Å²) < 4.78 is 5.52. The van der Waals surface area contributed by atoms with Gasteiger partial charge in [0.2, 0.25) is 5.91 Å². The zero-order valence-electron chi connectivity index (χ0n) is 19.1. The lowest BCUT2D eigenvalue weighted by atomic mass is 9.98. The molecule has 7 nitrogen and oxygen atoms in total. The molecule has 0 heterocycles. The van der Waals surface area contributed by atoms with Crippen molar-refractivity contribution in [1.82, 2.24) is 5.32 Å². The maximum Gasteiger partial charge on any atom is 0.407 e. The van der Waals surface area contributed by atoms with E-state index >= 15 is 0 Å². The van der Waals surface area contributed by atoms with Gasteiger partial charge in [0.25, 0.3) is 0 Å². The highest BCUT2D eigenvalue weighted by atomic mass is 35.5. The number of carbonyl (C=O) groups excluding carboxylic acids is 2. The molecule has 1 aliphatic carbocycles. The van der Waals surface area contributed by atoms with Crippen LogP contribution in [0.5, 0.6) is 0 Å². The van der Waals surface area contributed by atoms with Crippen LogP contribution in [-0.2, 0) is 9.53 Å². The highest BCUT2D eigenvalue weighted by molar-refractivity contribution is 6.33. The van der Waals surface area contributed by atoms with Crippen molar-refractivity contribution in [1.29, 1.82) is 0 Å². The SMILES string of the molecule is CC(CNC(=O)OCC1c2ccccc2-c2ccccc21)CC(=O)Nc1ccc(Cl)c(C(=O)O)c1. The van der Waals surface area contributed by atoms with Gasteiger partial charge in [0.15, 0.2) is 0 Å². The fourth-order valence-electron chi connectivity index (χ4n) is 4.27. The van der Waals surface area contributed by atoms with Crippen molar-refractivity contribution in [2.75, 3.05) is 18.5 Å². The van der Waals surface area contributed by atoms with Crippen LogP contribution in [0, 0.1) is 5.92 Å². The molecule has 0 spiro atoms. The number of carboxylic acids is 1. The number of amides is 2. The molecule has 8 heteroatoms. The minimum atomic E-state index is -1.17. The first-order valence-electron chi connectivity index (χ1n) is 11.2. The Morgan fingerprint density at radius 3 is 2.26 bits per heavy atom. The molecular weight excluding hydrogens is 468 g/mol. The second-order valence-electron chi connectivity index (χ2n) is 8.56. The highest BCUT2D eigenvalue weighted by Crippen LogP contribution is 2.44. The van der Waals surface area contributed by atoms with Crippen molar-refractivity contribution in [3.63, 3.8) is 0 Å². The van der Waals surface area contributed by atoms with Crippen molar-refractivity contribution in [2.45, 2.75) is 19.3 Å². The Hall–Kier alpha value is -3.84. The lowest BCUT2D eigenvalue weighted by Crippen LogP contribution is -2.31. The van der Waals surface area contributed by atoms with E-state index in [1.807, 2.05) is 31.2 Å². The monoisotopic (exact) mass is 492 g/mol. The summed E-state index contributed by atoms with van der Waals surface area (Å²) in [5.41, 5.74) is 4.85. The number of rotatable bonds is 8. The van der Waals surface area contributed by atoms with E-state index in [1.54, 1.807) is 0 Å². The second kappa shape index (κ2) is 10.6. The first kappa shape index (κ1) is 24.3. The number of carboxylic acid groups (broad SMARTS) is 1. The van der Waals surface area contributed by atoms with E-state index in [0.717, 1.165) is 22.3 Å². The van der Waals surface area contributed by atoms with Gasteiger partial charge in [-0.15, -0.1) is 0 Å². The number of hydrogen-bond acceptors (Lipinski definition) is 4. The van der Waals surface area contributed by atoms with Crippen molar-refractivity contribution in [2.24, 2.45) is 5.92 Å². The summed E-state index contributed by atoms with van der Waals surface area (Å²) in [5, 5.41) is 14.6. The summed E-state index contributed by atoms with van der Waals surface area (Å²) >= 11 is 5.85. The molecule has 0 radical (unpaired) electrons. The molecule has 0 aromatic heterocycles. The molecule has 2 amide bonds. The molecule has 1 aliphatic rings. The minimum absolute atomic E-state index is 0.0218. The second-order valence-corrected chi connectivity index (χ2v) is 8.97. The first-order chi connectivity index (χ1) is 16.8. The molecule has 180 valence electrons. The molecule has 0 bridgehead atoms. The van der Waals surface area contributed by atoms with Gasteiger partial charge in [-0.05, 0) is 46.4 Å². The van der Waals surface area contributed by atoms with Gasteiger partial charge < -0.3 is 20.5 Å². The third-order valence-corrected chi connectivity index (χ3v) is 6.28. The normalized spacial score (nSPS) is 12.9. The molecule has 3 aromatic carbocycles. The summed E-state index contributed by atoms with van der Waals surface area (Å²) in [6.45, 7) is 2.30. The van der Waals surface area contributed by atoms with Crippen molar-refractivity contribution in [3.8, 4) is 11.1 Å². The number of benzene rings is 3. The number of fused-ring (bicyclic) bond motifs is 3. The summed E-state index contributed by atoms with van der Waals surface area (Å²) in [6.07, 6.45) is -0.405. The Labute approximate surface area is 208 Å². The number of alkyl carbamates (subject to hydrolysis) is 1. The highest BCUT2D eigenvalue weighted by Gasteiger charge is 2.29. The number of hydrogen-bond donors (Lipinski definition) is 3. The van der Waals surface area contributed by atoms with E-state index in [-0.39, 0.29) is 47.9 Å². The van der Waals surface area contributed by atoms with Gasteiger partial charge in [0, 0.05) is 24.6 Å². The van der Waals surface area contributed by atoms with Gasteiger partial charge >= 0.3 is 12.1 Å². The molecule has 35 heavy (non-hydrogen) atoms. The lowest BCUT2D eigenvalue weighted by molar-refractivity contribution is -0.116. The van der Waals surface area contributed by atoms with Crippen LogP contribution in [0.4, 0.5) is 10.5 Å². The van der Waals surface area contributed by atoms with Crippen LogP contribution >= 0.6 is 11.6 Å². The predicted octanol–water partition coefficient (Wildman–Crippen LogP) is 5.54. The minimum Gasteiger partial charge on any atom is -0.478 e. The van der Waals surface area contributed by atoms with Crippen LogP contribution in [0.15, 0.2) is 66.7 Å². The first-order valence-corrected chi connectivity index (χ1v) is 11.6. The average molecular weight is 493 g/mol. The number of ether oxygens (including phenoxy) is 1. The van der Waals surface area contributed by atoms with Crippen LogP contribution < -0.4 is 10.6 Å². The summed E-state index contributed by atoms with van der Waals surface area (Å²) in [5.74, 6) is -1.66. The standard InChI is InChI=1S/C27H25ClN2O5/c1-16(12-25(31)30-17-10-11-24(28)22(13-17)26(32)33)14-29-27(34)35-15-23-20-8-4-2-6-18(20)19-7-3-5-9-21(19)23/h2-11,13,16,23H,12,14-15H2,1H3,(H,29,34)(H,30,31)(H,32,33). The molecule has 0 fully saturated rings. The predicted molar refractivity (Wildman–Crippen MR) is 134 cm³/mol. The summed E-state index contributed by atoms with van der Waals surface area (Å²) in [4.78, 5) is 35.9. The fourth-order valence-corrected chi connectivity index (χ4v) is 4.47. The molecule has 3 aromatic rings. The third kappa shape index (κ3) is 5.63. The van der Waals surface area contributed by atoms with Crippen LogP contribution in [0.25, 0.3) is 11.1 Å². The van der Waals surface area contributed by atoms with Gasteiger partial charge in [-0.25, -0.2) is 9.59 Å². The number of halogens is 1. The van der Waals surface area contributed by atoms with Crippen LogP contribution in [0.1, 0.15) is 40.7 Å². The zero-order valence-corrected chi connectivity index (χ0v) is 19.8. The van der Waals surface area contributed by atoms with Gasteiger partial charge in [0.05, 0.1) is 10.6 Å². The third-order valence-electron chi connectivity index (χ3n) is 5.95. The maximum absolute atomic E-state index is 12.3. The Balaban J connectivity index is 1.25. The number of anilines is 1. The molecule has 1 atom stereocenters. The molecule has 4 rings (SSSR count). The number of carbonyl (C=O) groups is 3. The lowest BCUT2D eigenvalue weighted by Gasteiger charge is -2.16. The molecule has 1 unspecified atom stereocenters. The van der Waals surface area contributed by atoms with Gasteiger partial charge in [-0.3, -0.25) is 4.79 Å². The number of nitrogens with one attached hydrogen (secondary N) is 2. The van der Waals surface area contributed by atoms with Crippen LogP contribution in [0.2, 0.25) is 5.02 Å². The van der Waals surface area contributed by atoms with E-state index < -0.39 is 12.1 Å². The largest absolute Gasteiger partial charge is 0.478 e. The van der Waals surface area contributed by atoms with E-state index in [0.29, 0.717) is 5.69 Å². The molecular formula is C27H25ClN2O5. The van der Waals surface area contributed by atoms with Gasteiger partial charge in [-0.2, -0.15) is 0 Å². The Morgan fingerprint density at radius 2 is 1.63 bits per heavy atom. The summed E-state index contributed by atoms with van der Waals surface area (Å²) in [6, 6.07) is 20.5. The van der Waals surface area contributed by atoms with Crippen molar-refractivity contribution in [3.05, 3.63) is 88.4 Å². The fraction of sp³-hybridized carbons (Fsp3) is 0.222. The molecule has 3 N–H and O–H groups in total.